The fourth-order valence-electron chi connectivity index (χ4n) is 3.06. The van der Waals surface area contributed by atoms with Gasteiger partial charge in [0, 0.05) is 24.7 Å². The SMILES string of the molecule is C=C/C(C)=C\C=C1/CN=C(c2ccccc2O)N=C1N1CCC(N)CC1. The zero-order valence-corrected chi connectivity index (χ0v) is 15.2. The van der Waals surface area contributed by atoms with Crippen LogP contribution in [0.4, 0.5) is 0 Å². The van der Waals surface area contributed by atoms with Crippen molar-refractivity contribution in [1.29, 1.82) is 0 Å². The molecule has 0 atom stereocenters. The van der Waals surface area contributed by atoms with Crippen molar-refractivity contribution < 1.29 is 5.11 Å². The summed E-state index contributed by atoms with van der Waals surface area (Å²) in [6.45, 7) is 8.11. The second kappa shape index (κ2) is 8.15. The quantitative estimate of drug-likeness (QED) is 0.823. The van der Waals surface area contributed by atoms with E-state index < -0.39 is 0 Å². The second-order valence-electron chi connectivity index (χ2n) is 6.72. The number of amidine groups is 2. The number of phenols is 1. The maximum Gasteiger partial charge on any atom is 0.161 e. The Morgan fingerprint density at radius 1 is 1.31 bits per heavy atom. The first-order valence-corrected chi connectivity index (χ1v) is 9.01. The molecule has 136 valence electrons. The molecule has 0 aromatic heterocycles. The normalized spacial score (nSPS) is 20.8. The van der Waals surface area contributed by atoms with Crippen LogP contribution in [0.3, 0.4) is 0 Å². The summed E-state index contributed by atoms with van der Waals surface area (Å²) in [6, 6.07) is 7.45. The number of hydrogen-bond acceptors (Lipinski definition) is 5. The highest BCUT2D eigenvalue weighted by molar-refractivity contribution is 6.14. The molecule has 0 spiro atoms. The van der Waals surface area contributed by atoms with Gasteiger partial charge in [-0.3, -0.25) is 4.99 Å². The van der Waals surface area contributed by atoms with E-state index in [1.807, 2.05) is 31.2 Å². The van der Waals surface area contributed by atoms with E-state index in [2.05, 4.69) is 22.5 Å². The number of nitrogens with two attached hydrogens (primary N) is 1. The first-order valence-electron chi connectivity index (χ1n) is 9.01. The Kier molecular flexibility index (Phi) is 5.68. The molecule has 0 amide bonds. The van der Waals surface area contributed by atoms with Crippen LogP contribution in [0.15, 0.2) is 70.2 Å². The minimum absolute atomic E-state index is 0.199. The van der Waals surface area contributed by atoms with Crippen molar-refractivity contribution in [3.63, 3.8) is 0 Å². The molecule has 5 nitrogen and oxygen atoms in total. The van der Waals surface area contributed by atoms with Crippen LogP contribution < -0.4 is 5.73 Å². The smallest absolute Gasteiger partial charge is 0.161 e. The topological polar surface area (TPSA) is 74.2 Å². The Morgan fingerprint density at radius 2 is 2.04 bits per heavy atom. The van der Waals surface area contributed by atoms with E-state index in [-0.39, 0.29) is 11.8 Å². The third-order valence-corrected chi connectivity index (χ3v) is 4.75. The summed E-state index contributed by atoms with van der Waals surface area (Å²) in [7, 11) is 0. The molecule has 26 heavy (non-hydrogen) atoms. The van der Waals surface area contributed by atoms with E-state index in [4.69, 9.17) is 10.7 Å². The van der Waals surface area contributed by atoms with Crippen LogP contribution in [0, 0.1) is 0 Å². The Labute approximate surface area is 155 Å². The minimum Gasteiger partial charge on any atom is -0.507 e. The van der Waals surface area contributed by atoms with Gasteiger partial charge in [-0.05, 0) is 31.9 Å². The number of allylic oxidation sites excluding steroid dienone is 4. The Hall–Kier alpha value is -2.66. The van der Waals surface area contributed by atoms with Gasteiger partial charge in [0.2, 0.25) is 0 Å². The molecule has 1 saturated heterocycles. The molecule has 1 aromatic rings. The maximum atomic E-state index is 10.2. The zero-order valence-electron chi connectivity index (χ0n) is 15.2. The summed E-state index contributed by atoms with van der Waals surface area (Å²) in [5.74, 6) is 1.71. The van der Waals surface area contributed by atoms with Crippen LogP contribution >= 0.6 is 0 Å². The molecule has 1 fully saturated rings. The second-order valence-corrected chi connectivity index (χ2v) is 6.72. The van der Waals surface area contributed by atoms with Gasteiger partial charge in [0.05, 0.1) is 12.1 Å². The average molecular weight is 350 g/mol. The molecule has 0 bridgehead atoms. The monoisotopic (exact) mass is 350 g/mol. The fourth-order valence-corrected chi connectivity index (χ4v) is 3.06. The first-order chi connectivity index (χ1) is 12.6. The number of benzene rings is 1. The first kappa shape index (κ1) is 18.1. The average Bonchev–Trinajstić information content (AvgIpc) is 2.67. The van der Waals surface area contributed by atoms with Crippen LogP contribution in [0.5, 0.6) is 5.75 Å². The molecule has 3 N–H and O–H groups in total. The summed E-state index contributed by atoms with van der Waals surface area (Å²) >= 11 is 0. The molecular formula is C21H26N4O. The van der Waals surface area contributed by atoms with Crippen molar-refractivity contribution >= 4 is 11.7 Å². The molecule has 0 radical (unpaired) electrons. The third-order valence-electron chi connectivity index (χ3n) is 4.75. The summed E-state index contributed by atoms with van der Waals surface area (Å²) in [6.07, 6.45) is 7.84. The van der Waals surface area contributed by atoms with Crippen LogP contribution in [-0.2, 0) is 0 Å². The molecule has 2 aliphatic rings. The summed E-state index contributed by atoms with van der Waals surface area (Å²) in [5, 5.41) is 10.2. The van der Waals surface area contributed by atoms with Crippen LogP contribution in [0.2, 0.25) is 0 Å². The van der Waals surface area contributed by atoms with Crippen molar-refractivity contribution in [2.24, 2.45) is 15.7 Å². The number of aromatic hydroxyl groups is 1. The van der Waals surface area contributed by atoms with Crippen molar-refractivity contribution in [2.45, 2.75) is 25.8 Å². The van der Waals surface area contributed by atoms with Crippen molar-refractivity contribution in [3.05, 3.63) is 65.8 Å². The largest absolute Gasteiger partial charge is 0.507 e. The zero-order chi connectivity index (χ0) is 18.5. The molecular weight excluding hydrogens is 324 g/mol. The molecule has 1 aromatic carbocycles. The van der Waals surface area contributed by atoms with E-state index >= 15 is 0 Å². The van der Waals surface area contributed by atoms with Gasteiger partial charge in [-0.15, -0.1) is 0 Å². The number of piperidine rings is 1. The maximum absolute atomic E-state index is 10.2. The fraction of sp³-hybridized carbons (Fsp3) is 0.333. The molecule has 2 heterocycles. The van der Waals surface area contributed by atoms with Gasteiger partial charge in [0.15, 0.2) is 5.84 Å². The Morgan fingerprint density at radius 3 is 2.73 bits per heavy atom. The highest BCUT2D eigenvalue weighted by Crippen LogP contribution is 2.23. The number of likely N-dealkylation sites (tertiary alicyclic amines) is 1. The van der Waals surface area contributed by atoms with Crippen molar-refractivity contribution in [1.82, 2.24) is 4.90 Å². The molecule has 0 saturated carbocycles. The minimum atomic E-state index is 0.199. The van der Waals surface area contributed by atoms with E-state index in [0.717, 1.165) is 42.9 Å². The van der Waals surface area contributed by atoms with Gasteiger partial charge in [0.25, 0.3) is 0 Å². The van der Waals surface area contributed by atoms with Gasteiger partial charge < -0.3 is 15.7 Å². The van der Waals surface area contributed by atoms with Crippen LogP contribution in [-0.4, -0.2) is 47.4 Å². The van der Waals surface area contributed by atoms with E-state index in [0.29, 0.717) is 17.9 Å². The number of para-hydroxylation sites is 1. The van der Waals surface area contributed by atoms with Gasteiger partial charge >= 0.3 is 0 Å². The molecule has 5 heteroatoms. The number of rotatable bonds is 3. The molecule has 2 aliphatic heterocycles. The van der Waals surface area contributed by atoms with Crippen LogP contribution in [0.25, 0.3) is 0 Å². The van der Waals surface area contributed by atoms with E-state index in [1.54, 1.807) is 12.1 Å². The molecule has 0 aliphatic carbocycles. The Bertz CT molecular complexity index is 796. The number of aliphatic imine (C=N–C) groups is 2. The molecule has 0 unspecified atom stereocenters. The van der Waals surface area contributed by atoms with E-state index in [1.165, 1.54) is 0 Å². The van der Waals surface area contributed by atoms with Crippen molar-refractivity contribution in [2.75, 3.05) is 19.6 Å². The highest BCUT2D eigenvalue weighted by Gasteiger charge is 2.25. The Balaban J connectivity index is 1.96. The number of phenolic OH excluding ortho intramolecular Hbond substituents is 1. The third kappa shape index (κ3) is 4.11. The van der Waals surface area contributed by atoms with Crippen molar-refractivity contribution in [3.8, 4) is 5.75 Å². The predicted octanol–water partition coefficient (Wildman–Crippen LogP) is 3.03. The van der Waals surface area contributed by atoms with Crippen LogP contribution in [0.1, 0.15) is 25.3 Å². The van der Waals surface area contributed by atoms with Gasteiger partial charge in [-0.25, -0.2) is 4.99 Å². The standard InChI is InChI=1S/C21H26N4O/c1-3-15(2)8-9-16-14-23-20(18-6-4-5-7-19(18)26)24-21(16)25-12-10-17(22)11-13-25/h3-9,17,26H,1,10-14,22H2,2H3/b15-8-,16-9+. The number of hydrogen-bond donors (Lipinski definition) is 2. The lowest BCUT2D eigenvalue weighted by atomic mass is 10.0. The lowest BCUT2D eigenvalue weighted by Crippen LogP contribution is -2.44. The van der Waals surface area contributed by atoms with E-state index in [9.17, 15) is 5.11 Å². The van der Waals surface area contributed by atoms with Gasteiger partial charge in [0.1, 0.15) is 11.6 Å². The summed E-state index contributed by atoms with van der Waals surface area (Å²) in [5.41, 5.74) is 8.88. The lowest BCUT2D eigenvalue weighted by molar-refractivity contribution is 0.313. The van der Waals surface area contributed by atoms with Gasteiger partial charge in [-0.2, -0.15) is 0 Å². The van der Waals surface area contributed by atoms with Gasteiger partial charge in [-0.1, -0.05) is 42.5 Å². The molecule has 3 rings (SSSR count). The lowest BCUT2D eigenvalue weighted by Gasteiger charge is -2.34. The number of nitrogens with zero attached hydrogens (tertiary/aromatic N) is 3. The highest BCUT2D eigenvalue weighted by atomic mass is 16.3. The summed E-state index contributed by atoms with van der Waals surface area (Å²) < 4.78 is 0. The predicted molar refractivity (Wildman–Crippen MR) is 108 cm³/mol. The summed E-state index contributed by atoms with van der Waals surface area (Å²) in [4.78, 5) is 11.7.